The minimum Gasteiger partial charge on any atom is -0.352 e. The Hall–Kier alpha value is -1.33. The Bertz CT molecular complexity index is 508. The van der Waals surface area contributed by atoms with Crippen molar-refractivity contribution in [3.05, 3.63) is 43.8 Å². The monoisotopic (exact) mass is 293 g/mol. The number of thiophene rings is 2. The van der Waals surface area contributed by atoms with Crippen molar-refractivity contribution in [2.24, 2.45) is 4.99 Å². The highest BCUT2D eigenvalue weighted by molar-refractivity contribution is 7.10. The van der Waals surface area contributed by atoms with Gasteiger partial charge < -0.3 is 10.6 Å². The highest BCUT2D eigenvalue weighted by atomic mass is 32.1. The Morgan fingerprint density at radius 2 is 1.47 bits per heavy atom. The number of nitrogens with zero attached hydrogens (tertiary/aromatic N) is 1. The zero-order chi connectivity index (χ0) is 13.7. The zero-order valence-corrected chi connectivity index (χ0v) is 13.1. The van der Waals surface area contributed by atoms with E-state index in [0.717, 1.165) is 19.0 Å². The summed E-state index contributed by atoms with van der Waals surface area (Å²) in [5.74, 6) is 0.848. The summed E-state index contributed by atoms with van der Waals surface area (Å²) < 4.78 is 0. The zero-order valence-electron chi connectivity index (χ0n) is 11.5. The van der Waals surface area contributed by atoms with Crippen molar-refractivity contribution in [2.45, 2.75) is 26.9 Å². The number of aryl methyl sites for hydroxylation is 2. The van der Waals surface area contributed by atoms with E-state index < -0.39 is 0 Å². The molecule has 2 heterocycles. The molecular weight excluding hydrogens is 274 g/mol. The van der Waals surface area contributed by atoms with Crippen LogP contribution < -0.4 is 10.6 Å². The SMILES string of the molecule is CN=C(NCc1sccc1C)NCc1sccc1C. The van der Waals surface area contributed by atoms with Crippen LogP contribution in [0.1, 0.15) is 20.9 Å². The van der Waals surface area contributed by atoms with E-state index in [2.05, 4.69) is 52.4 Å². The second-order valence-electron chi connectivity index (χ2n) is 4.33. The van der Waals surface area contributed by atoms with Crippen LogP contribution in [-0.4, -0.2) is 13.0 Å². The summed E-state index contributed by atoms with van der Waals surface area (Å²) in [6.45, 7) is 5.93. The summed E-state index contributed by atoms with van der Waals surface area (Å²) in [6, 6.07) is 4.29. The molecule has 3 nitrogen and oxygen atoms in total. The standard InChI is InChI=1S/C14H19N3S2/c1-10-4-6-18-12(10)8-16-14(15-3)17-9-13-11(2)5-7-19-13/h4-7H,8-9H2,1-3H3,(H2,15,16,17). The van der Waals surface area contributed by atoms with Crippen molar-refractivity contribution >= 4 is 28.6 Å². The van der Waals surface area contributed by atoms with Crippen molar-refractivity contribution in [1.82, 2.24) is 10.6 Å². The smallest absolute Gasteiger partial charge is 0.191 e. The molecule has 0 atom stereocenters. The van der Waals surface area contributed by atoms with Crippen LogP contribution in [0.15, 0.2) is 27.9 Å². The minimum atomic E-state index is 0.826. The fourth-order valence-corrected chi connectivity index (χ4v) is 3.41. The lowest BCUT2D eigenvalue weighted by atomic mass is 10.3. The van der Waals surface area contributed by atoms with Crippen LogP contribution >= 0.6 is 22.7 Å². The Kier molecular flexibility index (Phi) is 4.99. The van der Waals surface area contributed by atoms with E-state index in [-0.39, 0.29) is 0 Å². The van der Waals surface area contributed by atoms with Crippen LogP contribution in [0.3, 0.4) is 0 Å². The first-order chi connectivity index (χ1) is 9.20. The second-order valence-corrected chi connectivity index (χ2v) is 6.33. The molecule has 0 bridgehead atoms. The summed E-state index contributed by atoms with van der Waals surface area (Å²) >= 11 is 3.55. The van der Waals surface area contributed by atoms with Gasteiger partial charge in [0.25, 0.3) is 0 Å². The second kappa shape index (κ2) is 6.73. The lowest BCUT2D eigenvalue weighted by Crippen LogP contribution is -2.36. The van der Waals surface area contributed by atoms with Gasteiger partial charge in [0.05, 0.1) is 13.1 Å². The first kappa shape index (κ1) is 14.1. The van der Waals surface area contributed by atoms with E-state index in [1.165, 1.54) is 20.9 Å². The van der Waals surface area contributed by atoms with Gasteiger partial charge in [-0.15, -0.1) is 22.7 Å². The van der Waals surface area contributed by atoms with Gasteiger partial charge in [0.2, 0.25) is 0 Å². The molecule has 0 aliphatic carbocycles. The maximum absolute atomic E-state index is 4.25. The third kappa shape index (κ3) is 3.81. The Morgan fingerprint density at radius 3 is 1.79 bits per heavy atom. The molecule has 0 unspecified atom stereocenters. The van der Waals surface area contributed by atoms with Gasteiger partial charge in [-0.2, -0.15) is 0 Å². The first-order valence-electron chi connectivity index (χ1n) is 6.21. The number of hydrogen-bond donors (Lipinski definition) is 2. The van der Waals surface area contributed by atoms with E-state index in [1.807, 2.05) is 0 Å². The van der Waals surface area contributed by atoms with Gasteiger partial charge in [-0.3, -0.25) is 4.99 Å². The van der Waals surface area contributed by atoms with Gasteiger partial charge in [-0.1, -0.05) is 0 Å². The summed E-state index contributed by atoms with van der Waals surface area (Å²) in [6.07, 6.45) is 0. The maximum atomic E-state index is 4.25. The largest absolute Gasteiger partial charge is 0.352 e. The summed E-state index contributed by atoms with van der Waals surface area (Å²) in [7, 11) is 1.80. The van der Waals surface area contributed by atoms with Crippen molar-refractivity contribution in [3.8, 4) is 0 Å². The highest BCUT2D eigenvalue weighted by Gasteiger charge is 2.04. The van der Waals surface area contributed by atoms with E-state index >= 15 is 0 Å². The van der Waals surface area contributed by atoms with Crippen LogP contribution in [0.2, 0.25) is 0 Å². The van der Waals surface area contributed by atoms with Crippen LogP contribution in [-0.2, 0) is 13.1 Å². The number of nitrogens with one attached hydrogen (secondary N) is 2. The highest BCUT2D eigenvalue weighted by Crippen LogP contribution is 2.15. The van der Waals surface area contributed by atoms with Gasteiger partial charge in [0.15, 0.2) is 5.96 Å². The van der Waals surface area contributed by atoms with Crippen LogP contribution in [0, 0.1) is 13.8 Å². The third-order valence-electron chi connectivity index (χ3n) is 2.99. The van der Waals surface area contributed by atoms with Crippen LogP contribution in [0.4, 0.5) is 0 Å². The molecule has 0 fully saturated rings. The van der Waals surface area contributed by atoms with Crippen LogP contribution in [0.25, 0.3) is 0 Å². The fourth-order valence-electron chi connectivity index (χ4n) is 1.72. The Balaban J connectivity index is 1.84. The molecule has 0 saturated heterocycles. The molecule has 0 aliphatic heterocycles. The van der Waals surface area contributed by atoms with E-state index in [4.69, 9.17) is 0 Å². The number of hydrogen-bond acceptors (Lipinski definition) is 3. The Morgan fingerprint density at radius 1 is 1.00 bits per heavy atom. The van der Waals surface area contributed by atoms with E-state index in [0.29, 0.717) is 0 Å². The summed E-state index contributed by atoms with van der Waals surface area (Å²) in [5.41, 5.74) is 2.67. The lowest BCUT2D eigenvalue weighted by molar-refractivity contribution is 0.818. The predicted molar refractivity (Wildman–Crippen MR) is 85.2 cm³/mol. The molecule has 2 N–H and O–H groups in total. The topological polar surface area (TPSA) is 36.4 Å². The maximum Gasteiger partial charge on any atom is 0.191 e. The fraction of sp³-hybridized carbons (Fsp3) is 0.357. The number of guanidine groups is 1. The van der Waals surface area contributed by atoms with E-state index in [9.17, 15) is 0 Å². The van der Waals surface area contributed by atoms with Gasteiger partial charge in [-0.05, 0) is 47.9 Å². The molecule has 0 spiro atoms. The molecule has 2 rings (SSSR count). The van der Waals surface area contributed by atoms with Crippen molar-refractivity contribution in [3.63, 3.8) is 0 Å². The van der Waals surface area contributed by atoms with Gasteiger partial charge in [0, 0.05) is 16.8 Å². The number of aliphatic imine (C=N–C) groups is 1. The van der Waals surface area contributed by atoms with Crippen molar-refractivity contribution in [1.29, 1.82) is 0 Å². The average molecular weight is 293 g/mol. The van der Waals surface area contributed by atoms with Gasteiger partial charge >= 0.3 is 0 Å². The molecule has 0 radical (unpaired) electrons. The molecule has 0 amide bonds. The molecule has 102 valence electrons. The molecule has 0 saturated carbocycles. The van der Waals surface area contributed by atoms with E-state index in [1.54, 1.807) is 29.7 Å². The molecule has 0 aliphatic rings. The Labute approximate surface area is 122 Å². The quantitative estimate of drug-likeness (QED) is 0.670. The molecule has 19 heavy (non-hydrogen) atoms. The minimum absolute atomic E-state index is 0.826. The summed E-state index contributed by atoms with van der Waals surface area (Å²) in [4.78, 5) is 6.96. The molecule has 5 heteroatoms. The summed E-state index contributed by atoms with van der Waals surface area (Å²) in [5, 5.41) is 10.9. The average Bonchev–Trinajstić information content (AvgIpc) is 2.99. The van der Waals surface area contributed by atoms with Gasteiger partial charge in [0.1, 0.15) is 0 Å². The van der Waals surface area contributed by atoms with Gasteiger partial charge in [-0.25, -0.2) is 0 Å². The normalized spacial score (nSPS) is 10.3. The molecule has 2 aromatic rings. The first-order valence-corrected chi connectivity index (χ1v) is 7.97. The molecular formula is C14H19N3S2. The van der Waals surface area contributed by atoms with Crippen molar-refractivity contribution in [2.75, 3.05) is 7.05 Å². The molecule has 0 aromatic carbocycles. The number of rotatable bonds is 4. The predicted octanol–water partition coefficient (Wildman–Crippen LogP) is 3.29. The molecule has 2 aromatic heterocycles. The van der Waals surface area contributed by atoms with Crippen molar-refractivity contribution < 1.29 is 0 Å². The van der Waals surface area contributed by atoms with Crippen LogP contribution in [0.5, 0.6) is 0 Å². The third-order valence-corrected chi connectivity index (χ3v) is 5.04. The lowest BCUT2D eigenvalue weighted by Gasteiger charge is -2.11.